The maximum absolute atomic E-state index is 5.51. The van der Waals surface area contributed by atoms with E-state index in [1.165, 1.54) is 33.0 Å². The van der Waals surface area contributed by atoms with Gasteiger partial charge in [0.2, 0.25) is 5.95 Å². The normalized spacial score (nSPS) is 13.7. The number of nitrogens with zero attached hydrogens (tertiary/aromatic N) is 5. The minimum absolute atomic E-state index is 0.113. The van der Waals surface area contributed by atoms with Gasteiger partial charge in [-0.05, 0) is 45.8 Å². The van der Waals surface area contributed by atoms with Gasteiger partial charge in [0.25, 0.3) is 0 Å². The zero-order valence-corrected chi connectivity index (χ0v) is 27.0. The quantitative estimate of drug-likeness (QED) is 0.179. The van der Waals surface area contributed by atoms with Crippen LogP contribution in [0.3, 0.4) is 0 Å². The average molecular weight is 628 g/mol. The molecule has 0 bridgehead atoms. The molecule has 0 aliphatic heterocycles. The summed E-state index contributed by atoms with van der Waals surface area (Å²) in [5, 5.41) is 5.66. The van der Waals surface area contributed by atoms with E-state index in [0.29, 0.717) is 5.95 Å². The van der Waals surface area contributed by atoms with Gasteiger partial charge in [0, 0.05) is 32.5 Å². The highest BCUT2D eigenvalue weighted by Crippen LogP contribution is 2.52. The van der Waals surface area contributed by atoms with E-state index in [4.69, 9.17) is 15.0 Å². The first-order valence-electron chi connectivity index (χ1n) is 16.8. The Kier molecular flexibility index (Phi) is 5.12. The molecule has 49 heavy (non-hydrogen) atoms. The van der Waals surface area contributed by atoms with Crippen LogP contribution in [-0.2, 0) is 5.41 Å². The summed E-state index contributed by atoms with van der Waals surface area (Å²) >= 11 is 0. The van der Waals surface area contributed by atoms with Crippen molar-refractivity contribution < 1.29 is 0 Å². The Morgan fingerprint density at radius 1 is 0.469 bits per heavy atom. The van der Waals surface area contributed by atoms with Crippen molar-refractivity contribution in [3.63, 3.8) is 0 Å². The van der Waals surface area contributed by atoms with Crippen molar-refractivity contribution in [1.82, 2.24) is 23.9 Å². The van der Waals surface area contributed by atoms with Crippen molar-refractivity contribution in [2.45, 2.75) is 19.3 Å². The Balaban J connectivity index is 1.28. The van der Waals surface area contributed by atoms with Crippen LogP contribution in [0.2, 0.25) is 0 Å². The lowest BCUT2D eigenvalue weighted by Gasteiger charge is -2.21. The van der Waals surface area contributed by atoms with Crippen molar-refractivity contribution >= 4 is 60.3 Å². The second-order valence-corrected chi connectivity index (χ2v) is 13.6. The lowest BCUT2D eigenvalue weighted by molar-refractivity contribution is 0.660. The molecule has 4 heterocycles. The zero-order valence-electron chi connectivity index (χ0n) is 27.0. The van der Waals surface area contributed by atoms with E-state index in [1.54, 1.807) is 0 Å². The molecule has 11 rings (SSSR count). The van der Waals surface area contributed by atoms with Gasteiger partial charge in [-0.15, -0.1) is 0 Å². The van der Waals surface area contributed by atoms with Crippen LogP contribution in [0.5, 0.6) is 0 Å². The maximum Gasteiger partial charge on any atom is 0.237 e. The van der Waals surface area contributed by atoms with Crippen LogP contribution in [0, 0.1) is 0 Å². The van der Waals surface area contributed by atoms with E-state index >= 15 is 0 Å². The fraction of sp³-hybridized carbons (Fsp3) is 0.0682. The molecule has 6 aromatic carbocycles. The SMILES string of the molecule is CC1(C)c2ccccc2-c2c(-c3nc(-n4c5ccccc5c5c4nc4c6ccccc6c6ccccc6n45)nc4ccccc34)cccc21. The van der Waals surface area contributed by atoms with Gasteiger partial charge in [-0.1, -0.05) is 135 Å². The first-order chi connectivity index (χ1) is 24.1. The third-order valence-corrected chi connectivity index (χ3v) is 10.7. The first-order valence-corrected chi connectivity index (χ1v) is 16.8. The summed E-state index contributed by atoms with van der Waals surface area (Å²) in [6, 6.07) is 49.6. The van der Waals surface area contributed by atoms with Gasteiger partial charge in [-0.25, -0.2) is 15.0 Å². The van der Waals surface area contributed by atoms with Gasteiger partial charge < -0.3 is 0 Å². The monoisotopic (exact) mass is 627 g/mol. The molecule has 1 aliphatic carbocycles. The summed E-state index contributed by atoms with van der Waals surface area (Å²) in [6.45, 7) is 4.65. The van der Waals surface area contributed by atoms with Gasteiger partial charge >= 0.3 is 0 Å². The van der Waals surface area contributed by atoms with E-state index in [2.05, 4.69) is 162 Å². The molecule has 230 valence electrons. The maximum atomic E-state index is 5.51. The molecule has 0 radical (unpaired) electrons. The Bertz CT molecular complexity index is 3030. The Hall–Kier alpha value is -6.33. The van der Waals surface area contributed by atoms with Crippen LogP contribution in [-0.4, -0.2) is 23.9 Å². The van der Waals surface area contributed by atoms with E-state index in [1.807, 2.05) is 0 Å². The molecule has 0 N–H and O–H groups in total. The summed E-state index contributed by atoms with van der Waals surface area (Å²) in [4.78, 5) is 16.2. The van der Waals surface area contributed by atoms with Crippen molar-refractivity contribution in [2.75, 3.05) is 0 Å². The number of rotatable bonds is 2. The number of para-hydroxylation sites is 3. The molecule has 0 spiro atoms. The van der Waals surface area contributed by atoms with E-state index in [0.717, 1.165) is 60.8 Å². The molecular weight excluding hydrogens is 599 g/mol. The van der Waals surface area contributed by atoms with Crippen LogP contribution < -0.4 is 0 Å². The summed E-state index contributed by atoms with van der Waals surface area (Å²) in [6.07, 6.45) is 0. The first kappa shape index (κ1) is 26.7. The Morgan fingerprint density at radius 3 is 1.96 bits per heavy atom. The van der Waals surface area contributed by atoms with E-state index < -0.39 is 0 Å². The van der Waals surface area contributed by atoms with Gasteiger partial charge in [0.1, 0.15) is 11.2 Å². The number of pyridine rings is 1. The Labute approximate surface area is 281 Å². The molecular formula is C44H29N5. The van der Waals surface area contributed by atoms with Crippen LogP contribution in [0.4, 0.5) is 0 Å². The summed E-state index contributed by atoms with van der Waals surface area (Å²) in [5.41, 5.74) is 13.0. The van der Waals surface area contributed by atoms with Crippen molar-refractivity contribution in [3.05, 3.63) is 151 Å². The fourth-order valence-corrected chi connectivity index (χ4v) is 8.54. The number of fused-ring (bicyclic) bond motifs is 14. The smallest absolute Gasteiger partial charge is 0.237 e. The summed E-state index contributed by atoms with van der Waals surface area (Å²) in [7, 11) is 0. The van der Waals surface area contributed by atoms with Crippen molar-refractivity contribution in [3.8, 4) is 28.3 Å². The molecule has 1 aliphatic rings. The highest BCUT2D eigenvalue weighted by atomic mass is 15.2. The van der Waals surface area contributed by atoms with Gasteiger partial charge in [-0.3, -0.25) is 8.97 Å². The fourth-order valence-electron chi connectivity index (χ4n) is 8.54. The second-order valence-electron chi connectivity index (χ2n) is 13.6. The van der Waals surface area contributed by atoms with Crippen LogP contribution >= 0.6 is 0 Å². The largest absolute Gasteiger partial charge is 0.289 e. The second kappa shape index (κ2) is 9.39. The predicted molar refractivity (Wildman–Crippen MR) is 201 cm³/mol. The Morgan fingerprint density at radius 2 is 1.10 bits per heavy atom. The molecule has 4 aromatic heterocycles. The third kappa shape index (κ3) is 3.41. The number of aromatic nitrogens is 5. The highest BCUT2D eigenvalue weighted by molar-refractivity contribution is 6.17. The van der Waals surface area contributed by atoms with E-state index in [9.17, 15) is 0 Å². The van der Waals surface area contributed by atoms with Gasteiger partial charge in [0.15, 0.2) is 5.65 Å². The lowest BCUT2D eigenvalue weighted by atomic mass is 9.82. The molecule has 0 saturated carbocycles. The molecule has 0 saturated heterocycles. The third-order valence-electron chi connectivity index (χ3n) is 10.7. The number of benzene rings is 6. The summed E-state index contributed by atoms with van der Waals surface area (Å²) in [5.74, 6) is 0.611. The highest BCUT2D eigenvalue weighted by Gasteiger charge is 2.37. The molecule has 0 amide bonds. The zero-order chi connectivity index (χ0) is 32.4. The number of hydrogen-bond donors (Lipinski definition) is 0. The molecule has 5 heteroatoms. The number of hydrogen-bond acceptors (Lipinski definition) is 3. The standard InChI is InChI=1S/C44H29N5/c1-44(2)33-21-9-5-17-29(33)38-32(20-13-22-34(38)44)39-30-18-6-10-23-35(30)45-43(46-39)49-37-25-12-8-19-31(37)40-42(49)47-41-28-16-4-3-14-26(28)27-15-7-11-24-36(27)48(40)41/h3-25H,1-2H3. The molecule has 0 atom stereocenters. The van der Waals surface area contributed by atoms with Crippen molar-refractivity contribution in [1.29, 1.82) is 0 Å². The minimum Gasteiger partial charge on any atom is -0.289 e. The molecule has 10 aromatic rings. The molecule has 0 unspecified atom stereocenters. The average Bonchev–Trinajstić information content (AvgIpc) is 3.77. The van der Waals surface area contributed by atoms with Gasteiger partial charge in [-0.2, -0.15) is 0 Å². The lowest BCUT2D eigenvalue weighted by Crippen LogP contribution is -2.14. The molecule has 0 fully saturated rings. The topological polar surface area (TPSA) is 48.0 Å². The molecule has 5 nitrogen and oxygen atoms in total. The number of imidazole rings is 1. The van der Waals surface area contributed by atoms with E-state index in [-0.39, 0.29) is 5.41 Å². The van der Waals surface area contributed by atoms with Crippen LogP contribution in [0.1, 0.15) is 25.0 Å². The summed E-state index contributed by atoms with van der Waals surface area (Å²) < 4.78 is 4.50. The predicted octanol–water partition coefficient (Wildman–Crippen LogP) is 10.7. The minimum atomic E-state index is -0.113. The van der Waals surface area contributed by atoms with Crippen LogP contribution in [0.15, 0.2) is 140 Å². The van der Waals surface area contributed by atoms with Crippen LogP contribution in [0.25, 0.3) is 88.6 Å². The van der Waals surface area contributed by atoms with Crippen molar-refractivity contribution in [2.24, 2.45) is 0 Å². The van der Waals surface area contributed by atoms with Gasteiger partial charge in [0.05, 0.1) is 22.2 Å².